The molecule has 65 heavy (non-hydrogen) atoms. The lowest BCUT2D eigenvalue weighted by atomic mass is 10.1. The second-order valence-electron chi connectivity index (χ2n) is 18.8. The zero-order chi connectivity index (χ0) is 47.2. The van der Waals surface area contributed by atoms with Crippen molar-refractivity contribution >= 4 is 17.9 Å². The fraction of sp³-hybridized carbons (Fsp3) is 0.814. The van der Waals surface area contributed by atoms with Crippen LogP contribution < -0.4 is 0 Å². The maximum Gasteiger partial charge on any atom is 0.306 e. The van der Waals surface area contributed by atoms with E-state index in [1.807, 2.05) is 0 Å². The van der Waals surface area contributed by atoms with Crippen LogP contribution in [0.15, 0.2) is 48.6 Å². The summed E-state index contributed by atoms with van der Waals surface area (Å²) < 4.78 is 16.8. The van der Waals surface area contributed by atoms with E-state index in [9.17, 15) is 14.4 Å². The number of carbonyl (C=O) groups is 3. The second-order valence-corrected chi connectivity index (χ2v) is 18.8. The Morgan fingerprint density at radius 1 is 0.308 bits per heavy atom. The smallest absolute Gasteiger partial charge is 0.306 e. The van der Waals surface area contributed by atoms with E-state index in [1.165, 1.54) is 173 Å². The van der Waals surface area contributed by atoms with Gasteiger partial charge in [0.25, 0.3) is 0 Å². The van der Waals surface area contributed by atoms with Gasteiger partial charge in [-0.1, -0.05) is 217 Å². The van der Waals surface area contributed by atoms with Gasteiger partial charge >= 0.3 is 17.9 Å². The van der Waals surface area contributed by atoms with E-state index < -0.39 is 6.10 Å². The van der Waals surface area contributed by atoms with Crippen molar-refractivity contribution in [1.29, 1.82) is 0 Å². The van der Waals surface area contributed by atoms with E-state index in [2.05, 4.69) is 69.4 Å². The number of unbranched alkanes of at least 4 members (excludes halogenated alkanes) is 32. The summed E-state index contributed by atoms with van der Waals surface area (Å²) in [4.78, 5) is 38.1. The van der Waals surface area contributed by atoms with Gasteiger partial charge in [-0.3, -0.25) is 14.4 Å². The topological polar surface area (TPSA) is 78.9 Å². The van der Waals surface area contributed by atoms with Gasteiger partial charge < -0.3 is 14.2 Å². The van der Waals surface area contributed by atoms with Crippen LogP contribution in [-0.2, 0) is 28.6 Å². The fourth-order valence-electron chi connectivity index (χ4n) is 7.99. The minimum atomic E-state index is -0.781. The quantitative estimate of drug-likeness (QED) is 0.0262. The molecular weight excluding hydrogens is 805 g/mol. The Morgan fingerprint density at radius 3 is 0.908 bits per heavy atom. The largest absolute Gasteiger partial charge is 0.462 e. The molecule has 378 valence electrons. The van der Waals surface area contributed by atoms with Crippen molar-refractivity contribution in [3.05, 3.63) is 48.6 Å². The SMILES string of the molecule is CCCCC/C=C\C/C=C\CCCCCCCCCC(=O)OC[C@H](COC(=O)CCCCCCC/C=C\CCCCCCCC)OC(=O)CCCCCCCCC/C=C\CCCCCC. The molecule has 6 nitrogen and oxygen atoms in total. The first-order chi connectivity index (χ1) is 32.0. The monoisotopic (exact) mass is 911 g/mol. The van der Waals surface area contributed by atoms with Crippen LogP contribution in [0.5, 0.6) is 0 Å². The number of rotatable bonds is 51. The van der Waals surface area contributed by atoms with Gasteiger partial charge in [0, 0.05) is 19.3 Å². The number of carbonyl (C=O) groups excluding carboxylic acids is 3. The summed E-state index contributed by atoms with van der Waals surface area (Å²) in [6.07, 6.45) is 65.2. The van der Waals surface area contributed by atoms with Gasteiger partial charge in [0.2, 0.25) is 0 Å². The Morgan fingerprint density at radius 2 is 0.554 bits per heavy atom. The van der Waals surface area contributed by atoms with Crippen molar-refractivity contribution in [2.75, 3.05) is 13.2 Å². The van der Waals surface area contributed by atoms with E-state index in [-0.39, 0.29) is 31.1 Å². The summed E-state index contributed by atoms with van der Waals surface area (Å²) >= 11 is 0. The summed E-state index contributed by atoms with van der Waals surface area (Å²) in [5, 5.41) is 0. The van der Waals surface area contributed by atoms with Crippen LogP contribution >= 0.6 is 0 Å². The normalized spacial score (nSPS) is 12.4. The predicted octanol–water partition coefficient (Wildman–Crippen LogP) is 18.7. The van der Waals surface area contributed by atoms with Crippen LogP contribution in [0.4, 0.5) is 0 Å². The van der Waals surface area contributed by atoms with Gasteiger partial charge in [0.05, 0.1) is 0 Å². The Balaban J connectivity index is 4.39. The molecule has 0 saturated heterocycles. The highest BCUT2D eigenvalue weighted by molar-refractivity contribution is 5.71. The molecule has 0 rings (SSSR count). The molecule has 0 saturated carbocycles. The minimum Gasteiger partial charge on any atom is -0.462 e. The van der Waals surface area contributed by atoms with Gasteiger partial charge in [-0.2, -0.15) is 0 Å². The molecule has 0 fully saturated rings. The van der Waals surface area contributed by atoms with Crippen LogP contribution in [0, 0.1) is 0 Å². The van der Waals surface area contributed by atoms with Crippen molar-refractivity contribution in [2.24, 2.45) is 0 Å². The maximum absolute atomic E-state index is 12.8. The highest BCUT2D eigenvalue weighted by atomic mass is 16.6. The Bertz CT molecular complexity index is 1140. The molecule has 0 N–H and O–H groups in total. The van der Waals surface area contributed by atoms with E-state index >= 15 is 0 Å². The number of allylic oxidation sites excluding steroid dienone is 8. The van der Waals surface area contributed by atoms with Crippen molar-refractivity contribution in [2.45, 2.75) is 297 Å². The Hall–Kier alpha value is -2.63. The summed E-state index contributed by atoms with van der Waals surface area (Å²) in [5.74, 6) is -0.889. The van der Waals surface area contributed by atoms with Gasteiger partial charge in [0.1, 0.15) is 13.2 Å². The molecule has 0 aliphatic carbocycles. The molecule has 0 bridgehead atoms. The van der Waals surface area contributed by atoms with Crippen LogP contribution in [-0.4, -0.2) is 37.2 Å². The number of hydrogen-bond donors (Lipinski definition) is 0. The number of ether oxygens (including phenoxy) is 3. The first-order valence-electron chi connectivity index (χ1n) is 28.1. The van der Waals surface area contributed by atoms with E-state index in [0.717, 1.165) is 77.0 Å². The zero-order valence-corrected chi connectivity index (χ0v) is 43.3. The number of esters is 3. The Labute approximate surface area is 403 Å². The maximum atomic E-state index is 12.8. The average molecular weight is 911 g/mol. The minimum absolute atomic E-state index is 0.0804. The van der Waals surface area contributed by atoms with Gasteiger partial charge in [-0.05, 0) is 103 Å². The van der Waals surface area contributed by atoms with Crippen molar-refractivity contribution < 1.29 is 28.6 Å². The van der Waals surface area contributed by atoms with E-state index in [1.54, 1.807) is 0 Å². The lowest BCUT2D eigenvalue weighted by molar-refractivity contribution is -0.167. The Kier molecular flexibility index (Phi) is 51.8. The van der Waals surface area contributed by atoms with E-state index in [4.69, 9.17) is 14.2 Å². The third kappa shape index (κ3) is 52.2. The summed E-state index contributed by atoms with van der Waals surface area (Å²) in [5.41, 5.74) is 0. The third-order valence-electron chi connectivity index (χ3n) is 12.3. The highest BCUT2D eigenvalue weighted by Gasteiger charge is 2.19. The first kappa shape index (κ1) is 62.4. The van der Waals surface area contributed by atoms with Gasteiger partial charge in [-0.15, -0.1) is 0 Å². The van der Waals surface area contributed by atoms with Crippen LogP contribution in [0.25, 0.3) is 0 Å². The van der Waals surface area contributed by atoms with Crippen molar-refractivity contribution in [1.82, 2.24) is 0 Å². The molecule has 0 aromatic heterocycles. The molecule has 1 atom stereocenters. The van der Waals surface area contributed by atoms with Crippen LogP contribution in [0.3, 0.4) is 0 Å². The lowest BCUT2D eigenvalue weighted by Crippen LogP contribution is -2.30. The molecule has 6 heteroatoms. The summed E-state index contributed by atoms with van der Waals surface area (Å²) in [6, 6.07) is 0. The zero-order valence-electron chi connectivity index (χ0n) is 43.3. The highest BCUT2D eigenvalue weighted by Crippen LogP contribution is 2.15. The molecule has 0 aliphatic rings. The van der Waals surface area contributed by atoms with Crippen molar-refractivity contribution in [3.8, 4) is 0 Å². The average Bonchev–Trinajstić information content (AvgIpc) is 3.30. The van der Waals surface area contributed by atoms with Crippen LogP contribution in [0.2, 0.25) is 0 Å². The molecule has 0 aromatic rings. The van der Waals surface area contributed by atoms with Crippen molar-refractivity contribution in [3.63, 3.8) is 0 Å². The fourth-order valence-corrected chi connectivity index (χ4v) is 7.99. The summed E-state index contributed by atoms with van der Waals surface area (Å²) in [7, 11) is 0. The first-order valence-corrected chi connectivity index (χ1v) is 28.1. The van der Waals surface area contributed by atoms with E-state index in [0.29, 0.717) is 19.3 Å². The van der Waals surface area contributed by atoms with Crippen LogP contribution in [0.1, 0.15) is 290 Å². The predicted molar refractivity (Wildman–Crippen MR) is 279 cm³/mol. The third-order valence-corrected chi connectivity index (χ3v) is 12.3. The molecule has 0 radical (unpaired) electrons. The molecule has 0 aromatic carbocycles. The molecule has 0 heterocycles. The molecule has 0 spiro atoms. The number of hydrogen-bond acceptors (Lipinski definition) is 6. The molecule has 0 unspecified atom stereocenters. The van der Waals surface area contributed by atoms with Gasteiger partial charge in [0.15, 0.2) is 6.10 Å². The van der Waals surface area contributed by atoms with Gasteiger partial charge in [-0.25, -0.2) is 0 Å². The standard InChI is InChI=1S/C59H106O6/c1-4-7-10-13-16-19-22-25-28-29-32-34-37-40-43-46-49-52-58(61)64-55-56(65-59(62)53-50-47-44-41-38-35-31-27-24-21-18-15-12-9-6-3)54-63-57(60)51-48-45-42-39-36-33-30-26-23-20-17-14-11-8-5-2/h16,19,21,24-26,28,30,56H,4-15,17-18,20,22-23,27,29,31-55H2,1-3H3/b19-16-,24-21-,28-25-,30-26-/t56-/m0/s1. The molecule has 0 amide bonds. The lowest BCUT2D eigenvalue weighted by Gasteiger charge is -2.18. The second kappa shape index (κ2) is 54.0. The summed E-state index contributed by atoms with van der Waals surface area (Å²) in [6.45, 7) is 6.60. The molecular formula is C59H106O6. The molecule has 0 aliphatic heterocycles.